The summed E-state index contributed by atoms with van der Waals surface area (Å²) in [6, 6.07) is 12.7. The molecule has 0 saturated heterocycles. The molecule has 1 N–H and O–H groups in total. The molecule has 1 heterocycles. The van der Waals surface area contributed by atoms with E-state index in [1.807, 2.05) is 13.8 Å². The topological polar surface area (TPSA) is 92.3 Å². The van der Waals surface area contributed by atoms with Gasteiger partial charge in [0.15, 0.2) is 4.34 Å². The van der Waals surface area contributed by atoms with Crippen LogP contribution in [0.2, 0.25) is 5.02 Å². The molecule has 1 aromatic heterocycles. The summed E-state index contributed by atoms with van der Waals surface area (Å²) in [7, 11) is -3.98. The molecule has 0 unspecified atom stereocenters. The summed E-state index contributed by atoms with van der Waals surface area (Å²) in [4.78, 5) is 12.7. The van der Waals surface area contributed by atoms with Crippen molar-refractivity contribution in [2.75, 3.05) is 21.9 Å². The molecule has 0 spiro atoms. The van der Waals surface area contributed by atoms with Gasteiger partial charge in [-0.1, -0.05) is 59.3 Å². The van der Waals surface area contributed by atoms with Crippen LogP contribution in [0, 0.1) is 6.92 Å². The lowest BCUT2D eigenvalue weighted by atomic mass is 10.2. The summed E-state index contributed by atoms with van der Waals surface area (Å²) >= 11 is 8.70. The molecule has 0 bridgehead atoms. The van der Waals surface area contributed by atoms with E-state index in [-0.39, 0.29) is 4.90 Å². The number of sulfonamides is 1. The maximum atomic E-state index is 13.3. The third kappa shape index (κ3) is 5.51. The van der Waals surface area contributed by atoms with Gasteiger partial charge in [0, 0.05) is 5.02 Å². The highest BCUT2D eigenvalue weighted by atomic mass is 35.5. The van der Waals surface area contributed by atoms with E-state index in [0.29, 0.717) is 15.8 Å². The number of aryl methyl sites for hydroxylation is 1. The predicted molar refractivity (Wildman–Crippen MR) is 122 cm³/mol. The van der Waals surface area contributed by atoms with Crippen LogP contribution in [0.5, 0.6) is 0 Å². The van der Waals surface area contributed by atoms with Gasteiger partial charge >= 0.3 is 0 Å². The third-order valence-corrected chi connectivity index (χ3v) is 7.83. The average molecular weight is 483 g/mol. The summed E-state index contributed by atoms with van der Waals surface area (Å²) < 4.78 is 28.4. The Morgan fingerprint density at radius 1 is 1.13 bits per heavy atom. The average Bonchev–Trinajstić information content (AvgIpc) is 3.14. The Morgan fingerprint density at radius 3 is 2.43 bits per heavy atom. The quantitative estimate of drug-likeness (QED) is 0.376. The molecule has 1 amide bonds. The van der Waals surface area contributed by atoms with E-state index in [9.17, 15) is 13.2 Å². The molecule has 3 aromatic rings. The van der Waals surface area contributed by atoms with E-state index < -0.39 is 22.5 Å². The van der Waals surface area contributed by atoms with Crippen molar-refractivity contribution < 1.29 is 13.2 Å². The van der Waals surface area contributed by atoms with Crippen LogP contribution in [0.4, 0.5) is 10.8 Å². The zero-order chi connectivity index (χ0) is 21.7. The lowest BCUT2D eigenvalue weighted by molar-refractivity contribution is -0.114. The number of carbonyl (C=O) groups excluding carboxylic acids is 1. The lowest BCUT2D eigenvalue weighted by Gasteiger charge is -2.24. The van der Waals surface area contributed by atoms with Gasteiger partial charge in [-0.25, -0.2) is 8.42 Å². The molecular weight excluding hydrogens is 464 g/mol. The van der Waals surface area contributed by atoms with Crippen LogP contribution in [-0.4, -0.2) is 36.8 Å². The minimum Gasteiger partial charge on any atom is -0.299 e. The number of amides is 1. The van der Waals surface area contributed by atoms with Gasteiger partial charge in [-0.2, -0.15) is 0 Å². The van der Waals surface area contributed by atoms with Crippen molar-refractivity contribution in [3.8, 4) is 0 Å². The van der Waals surface area contributed by atoms with Gasteiger partial charge in [-0.3, -0.25) is 14.4 Å². The summed E-state index contributed by atoms with van der Waals surface area (Å²) in [6.45, 7) is 3.44. The van der Waals surface area contributed by atoms with Gasteiger partial charge in [-0.15, -0.1) is 10.2 Å². The predicted octanol–water partition coefficient (Wildman–Crippen LogP) is 4.45. The first-order chi connectivity index (χ1) is 14.3. The van der Waals surface area contributed by atoms with Crippen molar-refractivity contribution in [3.05, 3.63) is 59.1 Å². The molecule has 0 saturated carbocycles. The molecule has 7 nitrogen and oxygen atoms in total. The van der Waals surface area contributed by atoms with Crippen molar-refractivity contribution in [2.45, 2.75) is 23.1 Å². The van der Waals surface area contributed by atoms with Crippen LogP contribution >= 0.6 is 34.7 Å². The molecule has 158 valence electrons. The third-order valence-electron chi connectivity index (χ3n) is 3.93. The first-order valence-corrected chi connectivity index (χ1v) is 12.5. The number of thioether (sulfide) groups is 1. The van der Waals surface area contributed by atoms with E-state index in [2.05, 4.69) is 15.5 Å². The smallest absolute Gasteiger partial charge is 0.264 e. The molecule has 2 aromatic carbocycles. The van der Waals surface area contributed by atoms with Crippen LogP contribution in [0.15, 0.2) is 57.8 Å². The number of hydrogen-bond acceptors (Lipinski definition) is 7. The van der Waals surface area contributed by atoms with E-state index in [0.717, 1.165) is 20.0 Å². The van der Waals surface area contributed by atoms with E-state index >= 15 is 0 Å². The number of rotatable bonds is 8. The maximum absolute atomic E-state index is 13.3. The Morgan fingerprint density at radius 2 is 1.80 bits per heavy atom. The number of nitrogens with one attached hydrogen (secondary N) is 1. The zero-order valence-electron chi connectivity index (χ0n) is 16.2. The zero-order valence-corrected chi connectivity index (χ0v) is 19.4. The Labute approximate surface area is 188 Å². The largest absolute Gasteiger partial charge is 0.299 e. The number of halogens is 1. The van der Waals surface area contributed by atoms with Gasteiger partial charge in [0.05, 0.1) is 10.6 Å². The van der Waals surface area contributed by atoms with Gasteiger partial charge in [-0.05, 0) is 49.1 Å². The van der Waals surface area contributed by atoms with Gasteiger partial charge in [0.2, 0.25) is 11.0 Å². The first kappa shape index (κ1) is 22.5. The molecule has 0 atom stereocenters. The standard InChI is InChI=1S/C19H19ClN4O3S3/c1-3-28-19-23-22-18(29-19)21-17(25)12-24(15-8-6-14(20)7-9-15)30(26,27)16-10-4-13(2)5-11-16/h4-11H,3,12H2,1-2H3,(H,21,22,25). The number of anilines is 2. The van der Waals surface area contributed by atoms with Crippen LogP contribution < -0.4 is 9.62 Å². The second-order valence-corrected chi connectivity index (χ2v) is 10.9. The number of hydrogen-bond donors (Lipinski definition) is 1. The van der Waals surface area contributed by atoms with Crippen LogP contribution in [0.1, 0.15) is 12.5 Å². The summed E-state index contributed by atoms with van der Waals surface area (Å²) in [5.74, 6) is 0.312. The Hall–Kier alpha value is -2.14. The highest BCUT2D eigenvalue weighted by molar-refractivity contribution is 8.01. The number of aromatic nitrogens is 2. The van der Waals surface area contributed by atoms with Gasteiger partial charge in [0.25, 0.3) is 10.0 Å². The summed E-state index contributed by atoms with van der Waals surface area (Å²) in [6.07, 6.45) is 0. The molecular formula is C19H19ClN4O3S3. The molecule has 3 rings (SSSR count). The monoisotopic (exact) mass is 482 g/mol. The fraction of sp³-hybridized carbons (Fsp3) is 0.211. The summed E-state index contributed by atoms with van der Waals surface area (Å²) in [5.41, 5.74) is 1.26. The first-order valence-electron chi connectivity index (χ1n) is 8.90. The molecule has 0 radical (unpaired) electrons. The molecule has 0 aliphatic carbocycles. The van der Waals surface area contributed by atoms with Crippen molar-refractivity contribution in [1.29, 1.82) is 0 Å². The van der Waals surface area contributed by atoms with Crippen LogP contribution in [0.3, 0.4) is 0 Å². The molecule has 11 heteroatoms. The van der Waals surface area contributed by atoms with E-state index in [1.54, 1.807) is 36.4 Å². The summed E-state index contributed by atoms with van der Waals surface area (Å²) in [5, 5.41) is 11.3. The molecule has 0 fully saturated rings. The van der Waals surface area contributed by atoms with E-state index in [1.165, 1.54) is 35.2 Å². The Balaban J connectivity index is 1.88. The van der Waals surface area contributed by atoms with Gasteiger partial charge in [0.1, 0.15) is 6.54 Å². The highest BCUT2D eigenvalue weighted by Gasteiger charge is 2.27. The number of nitrogens with zero attached hydrogens (tertiary/aromatic N) is 3. The molecule has 30 heavy (non-hydrogen) atoms. The van der Waals surface area contributed by atoms with Crippen molar-refractivity contribution in [1.82, 2.24) is 10.2 Å². The van der Waals surface area contributed by atoms with Gasteiger partial charge < -0.3 is 0 Å². The fourth-order valence-electron chi connectivity index (χ4n) is 2.49. The SMILES string of the molecule is CCSc1nnc(NC(=O)CN(c2ccc(Cl)cc2)S(=O)(=O)c2ccc(C)cc2)s1. The van der Waals surface area contributed by atoms with Crippen molar-refractivity contribution >= 4 is 61.4 Å². The maximum Gasteiger partial charge on any atom is 0.264 e. The van der Waals surface area contributed by atoms with Crippen LogP contribution in [0.25, 0.3) is 0 Å². The number of carbonyl (C=O) groups is 1. The fourth-order valence-corrected chi connectivity index (χ4v) is 5.70. The Bertz CT molecular complexity index is 1120. The Kier molecular flexibility index (Phi) is 7.35. The molecule has 0 aliphatic heterocycles. The minimum atomic E-state index is -3.98. The van der Waals surface area contributed by atoms with Crippen molar-refractivity contribution in [2.24, 2.45) is 0 Å². The van der Waals surface area contributed by atoms with Crippen molar-refractivity contribution in [3.63, 3.8) is 0 Å². The highest BCUT2D eigenvalue weighted by Crippen LogP contribution is 2.27. The lowest BCUT2D eigenvalue weighted by Crippen LogP contribution is -2.38. The second kappa shape index (κ2) is 9.78. The van der Waals surface area contributed by atoms with E-state index in [4.69, 9.17) is 11.6 Å². The normalized spacial score (nSPS) is 11.3. The van der Waals surface area contributed by atoms with Crippen LogP contribution in [-0.2, 0) is 14.8 Å². The second-order valence-electron chi connectivity index (χ2n) is 6.16. The molecule has 0 aliphatic rings. The minimum absolute atomic E-state index is 0.0911. The number of benzene rings is 2.